The molecule has 146 valence electrons. The first kappa shape index (κ1) is 21.4. The first-order valence-electron chi connectivity index (χ1n) is 9.00. The smallest absolute Gasteiger partial charge is 0.0626 e. The Balaban J connectivity index is 2.54. The molecule has 2 rings (SSSR count). The number of rotatable bonds is 8. The molecule has 0 saturated carbocycles. The van der Waals surface area contributed by atoms with Gasteiger partial charge in [0.25, 0.3) is 0 Å². The van der Waals surface area contributed by atoms with Crippen molar-refractivity contribution < 1.29 is 0 Å². The molecule has 0 spiro atoms. The van der Waals surface area contributed by atoms with Gasteiger partial charge in [0.05, 0.1) is 12.2 Å². The molecule has 1 heterocycles. The lowest BCUT2D eigenvalue weighted by atomic mass is 10.1. The molecule has 2 aromatic rings. The summed E-state index contributed by atoms with van der Waals surface area (Å²) in [6, 6.07) is 11.9. The van der Waals surface area contributed by atoms with E-state index in [9.17, 15) is 0 Å². The van der Waals surface area contributed by atoms with Gasteiger partial charge >= 0.3 is 0 Å². The van der Waals surface area contributed by atoms with Gasteiger partial charge in [0, 0.05) is 34.2 Å². The second-order valence-corrected chi connectivity index (χ2v) is 6.70. The topological polar surface area (TPSA) is 83.0 Å². The molecule has 4 nitrogen and oxygen atoms in total. The summed E-state index contributed by atoms with van der Waals surface area (Å²) in [7, 11) is 0. The van der Waals surface area contributed by atoms with Gasteiger partial charge < -0.3 is 21.8 Å². The highest BCUT2D eigenvalue weighted by molar-refractivity contribution is 6.33. The summed E-state index contributed by atoms with van der Waals surface area (Å²) in [6.45, 7) is 6.70. The Labute approximate surface area is 172 Å². The maximum absolute atomic E-state index is 6.44. The van der Waals surface area contributed by atoms with Crippen LogP contribution in [0.2, 0.25) is 5.02 Å². The first-order chi connectivity index (χ1) is 13.5. The number of nitrogens with zero attached hydrogens (tertiary/aromatic N) is 1. The minimum atomic E-state index is 0.475. The molecule has 1 aromatic carbocycles. The minimum Gasteiger partial charge on any atom is -0.401 e. The molecule has 0 aliphatic carbocycles. The van der Waals surface area contributed by atoms with Crippen molar-refractivity contribution in [1.29, 1.82) is 0 Å². The average Bonchev–Trinajstić information content (AvgIpc) is 3.09. The van der Waals surface area contributed by atoms with E-state index in [0.717, 1.165) is 22.5 Å². The minimum absolute atomic E-state index is 0.475. The highest BCUT2D eigenvalue weighted by atomic mass is 35.5. The number of aromatic nitrogens is 1. The molecule has 6 N–H and O–H groups in total. The lowest BCUT2D eigenvalue weighted by molar-refractivity contribution is 0.778. The van der Waals surface area contributed by atoms with Crippen molar-refractivity contribution in [2.24, 2.45) is 17.2 Å². The zero-order valence-electron chi connectivity index (χ0n) is 16.1. The van der Waals surface area contributed by atoms with Gasteiger partial charge in [-0.15, -0.1) is 0 Å². The Kier molecular flexibility index (Phi) is 7.93. The third-order valence-corrected chi connectivity index (χ3v) is 4.55. The van der Waals surface area contributed by atoms with Crippen LogP contribution in [-0.4, -0.2) is 11.1 Å². The highest BCUT2D eigenvalue weighted by Gasteiger charge is 2.14. The predicted molar refractivity (Wildman–Crippen MR) is 121 cm³/mol. The molecule has 28 heavy (non-hydrogen) atoms. The van der Waals surface area contributed by atoms with Gasteiger partial charge in [-0.1, -0.05) is 54.6 Å². The molecule has 0 amide bonds. The maximum atomic E-state index is 6.44. The third-order valence-electron chi connectivity index (χ3n) is 4.22. The van der Waals surface area contributed by atoms with Crippen LogP contribution >= 0.6 is 11.6 Å². The van der Waals surface area contributed by atoms with E-state index >= 15 is 0 Å². The molecule has 0 bridgehead atoms. The number of benzene rings is 1. The Hall–Kier alpha value is -2.95. The van der Waals surface area contributed by atoms with Crippen molar-refractivity contribution in [3.8, 4) is 11.3 Å². The van der Waals surface area contributed by atoms with Crippen molar-refractivity contribution in [2.45, 2.75) is 13.5 Å². The fourth-order valence-electron chi connectivity index (χ4n) is 2.77. The molecular weight excluding hydrogens is 368 g/mol. The molecule has 0 aliphatic rings. The van der Waals surface area contributed by atoms with Crippen molar-refractivity contribution in [2.75, 3.05) is 6.54 Å². The molecule has 0 atom stereocenters. The third kappa shape index (κ3) is 5.52. The summed E-state index contributed by atoms with van der Waals surface area (Å²) in [5.74, 6) is 0. The summed E-state index contributed by atoms with van der Waals surface area (Å²) in [6.07, 6.45) is 11.0. The second-order valence-electron chi connectivity index (χ2n) is 6.30. The molecule has 1 aromatic heterocycles. The van der Waals surface area contributed by atoms with Crippen LogP contribution in [0.15, 0.2) is 90.8 Å². The van der Waals surface area contributed by atoms with E-state index in [1.807, 2.05) is 61.6 Å². The summed E-state index contributed by atoms with van der Waals surface area (Å²) in [5.41, 5.74) is 22.9. The number of halogens is 1. The molecule has 0 fully saturated rings. The summed E-state index contributed by atoms with van der Waals surface area (Å²) in [5, 5.41) is 0.691. The van der Waals surface area contributed by atoms with Gasteiger partial charge in [-0.3, -0.25) is 0 Å². The van der Waals surface area contributed by atoms with Crippen molar-refractivity contribution in [1.82, 2.24) is 4.57 Å². The van der Waals surface area contributed by atoms with E-state index in [0.29, 0.717) is 29.5 Å². The largest absolute Gasteiger partial charge is 0.401 e. The van der Waals surface area contributed by atoms with Crippen LogP contribution in [0.3, 0.4) is 0 Å². The molecule has 0 unspecified atom stereocenters. The fourth-order valence-corrected chi connectivity index (χ4v) is 3.00. The Morgan fingerprint density at radius 1 is 1.11 bits per heavy atom. The van der Waals surface area contributed by atoms with Gasteiger partial charge in [-0.25, -0.2) is 0 Å². The maximum Gasteiger partial charge on any atom is 0.0626 e. The monoisotopic (exact) mass is 394 g/mol. The van der Waals surface area contributed by atoms with Crippen molar-refractivity contribution in [3.05, 3.63) is 102 Å². The van der Waals surface area contributed by atoms with Crippen LogP contribution in [0.4, 0.5) is 0 Å². The zero-order chi connectivity index (χ0) is 20.5. The summed E-state index contributed by atoms with van der Waals surface area (Å²) < 4.78 is 2.15. The van der Waals surface area contributed by atoms with E-state index in [1.165, 1.54) is 0 Å². The molecule has 0 aliphatic heterocycles. The van der Waals surface area contributed by atoms with E-state index in [2.05, 4.69) is 23.3 Å². The molecule has 5 heteroatoms. The lowest BCUT2D eigenvalue weighted by Gasteiger charge is -2.15. The normalized spacial score (nSPS) is 13.3. The quantitative estimate of drug-likeness (QED) is 0.572. The summed E-state index contributed by atoms with van der Waals surface area (Å²) in [4.78, 5) is 0. The fraction of sp³-hybridized carbons (Fsp3) is 0.130. The predicted octanol–water partition coefficient (Wildman–Crippen LogP) is 4.60. The lowest BCUT2D eigenvalue weighted by Crippen LogP contribution is -2.11. The van der Waals surface area contributed by atoms with Gasteiger partial charge in [0.1, 0.15) is 0 Å². The van der Waals surface area contributed by atoms with Gasteiger partial charge in [0.2, 0.25) is 0 Å². The highest BCUT2D eigenvalue weighted by Crippen LogP contribution is 2.31. The Morgan fingerprint density at radius 3 is 2.54 bits per heavy atom. The van der Waals surface area contributed by atoms with Crippen LogP contribution in [-0.2, 0) is 6.54 Å². The van der Waals surface area contributed by atoms with Crippen LogP contribution in [0.25, 0.3) is 16.8 Å². The first-order valence-corrected chi connectivity index (χ1v) is 9.38. The number of hydrogen-bond acceptors (Lipinski definition) is 3. The number of nitrogens with two attached hydrogens (primary N) is 3. The molecule has 0 saturated heterocycles. The van der Waals surface area contributed by atoms with E-state index in [4.69, 9.17) is 28.8 Å². The van der Waals surface area contributed by atoms with Crippen molar-refractivity contribution >= 4 is 17.2 Å². The Bertz CT molecular complexity index is 945. The molecule has 0 radical (unpaired) electrons. The van der Waals surface area contributed by atoms with E-state index in [-0.39, 0.29) is 0 Å². The molecular formula is C23H27ClN4. The van der Waals surface area contributed by atoms with Gasteiger partial charge in [-0.05, 0) is 48.9 Å². The van der Waals surface area contributed by atoms with Crippen LogP contribution in [0.5, 0.6) is 0 Å². The van der Waals surface area contributed by atoms with E-state index in [1.54, 1.807) is 6.08 Å². The number of allylic oxidation sites excluding steroid dienone is 7. The van der Waals surface area contributed by atoms with E-state index < -0.39 is 0 Å². The second kappa shape index (κ2) is 10.4. The standard InChI is InChI=1S/C23H27ClN4/c1-3-18(26)12-11-17(2)22-13-14-23(20-9-4-5-10-21(20)24)28(22)16-19(27)8-6-7-15-25/h3-14H,1,15-16,25-27H2,2H3/b7-6-,17-11+,18-12+,19-8-. The number of hydrogen-bond donors (Lipinski definition) is 3. The van der Waals surface area contributed by atoms with Gasteiger partial charge in [-0.2, -0.15) is 0 Å². The summed E-state index contributed by atoms with van der Waals surface area (Å²) >= 11 is 6.44. The zero-order valence-corrected chi connectivity index (χ0v) is 16.9. The Morgan fingerprint density at radius 2 is 1.86 bits per heavy atom. The van der Waals surface area contributed by atoms with Crippen LogP contribution < -0.4 is 17.2 Å². The van der Waals surface area contributed by atoms with Gasteiger partial charge in [0.15, 0.2) is 0 Å². The van der Waals surface area contributed by atoms with Crippen LogP contribution in [0.1, 0.15) is 12.6 Å². The SMILES string of the molecule is C=C/C(N)=C\C=C(/C)c1ccc(-c2ccccc2Cl)n1C/C(N)=C/C=C\CN. The van der Waals surface area contributed by atoms with Crippen LogP contribution in [0, 0.1) is 0 Å². The average molecular weight is 395 g/mol. The van der Waals surface area contributed by atoms with Crippen molar-refractivity contribution in [3.63, 3.8) is 0 Å².